The van der Waals surface area contributed by atoms with E-state index in [-0.39, 0.29) is 11.3 Å². The third kappa shape index (κ3) is 5.31. The minimum absolute atomic E-state index is 0.0754. The monoisotopic (exact) mass is 305 g/mol. The van der Waals surface area contributed by atoms with E-state index in [0.29, 0.717) is 13.1 Å². The highest BCUT2D eigenvalue weighted by atomic mass is 32.2. The lowest BCUT2D eigenvalue weighted by atomic mass is 10.0. The van der Waals surface area contributed by atoms with Crippen LogP contribution in [0.2, 0.25) is 0 Å². The zero-order valence-corrected chi connectivity index (χ0v) is 14.3. The van der Waals surface area contributed by atoms with Gasteiger partial charge in [-0.2, -0.15) is 4.31 Å². The fraction of sp³-hybridized carbons (Fsp3) is 1.00. The molecular weight excluding hydrogens is 274 g/mol. The van der Waals surface area contributed by atoms with Gasteiger partial charge in [0, 0.05) is 25.2 Å². The second-order valence-corrected chi connectivity index (χ2v) is 8.43. The van der Waals surface area contributed by atoms with Crippen LogP contribution >= 0.6 is 0 Å². The predicted molar refractivity (Wildman–Crippen MR) is 84.5 cm³/mol. The van der Waals surface area contributed by atoms with Crippen LogP contribution in [0.3, 0.4) is 0 Å². The Bertz CT molecular complexity index is 382. The van der Waals surface area contributed by atoms with Crippen LogP contribution in [-0.2, 0) is 10.0 Å². The average molecular weight is 305 g/mol. The van der Waals surface area contributed by atoms with Crippen molar-refractivity contribution in [3.8, 4) is 0 Å². The van der Waals surface area contributed by atoms with E-state index < -0.39 is 10.0 Å². The number of nitrogens with zero attached hydrogens (tertiary/aromatic N) is 2. The highest BCUT2D eigenvalue weighted by Crippen LogP contribution is 2.21. The van der Waals surface area contributed by atoms with Gasteiger partial charge in [-0.3, -0.25) is 4.90 Å². The molecule has 0 aromatic heterocycles. The van der Waals surface area contributed by atoms with Crippen LogP contribution in [0.1, 0.15) is 40.0 Å². The van der Waals surface area contributed by atoms with Gasteiger partial charge in [-0.05, 0) is 53.2 Å². The fourth-order valence-electron chi connectivity index (χ4n) is 2.40. The van der Waals surface area contributed by atoms with Crippen molar-refractivity contribution in [3.63, 3.8) is 0 Å². The lowest BCUT2D eigenvalue weighted by Gasteiger charge is -2.44. The van der Waals surface area contributed by atoms with E-state index in [2.05, 4.69) is 38.0 Å². The van der Waals surface area contributed by atoms with E-state index >= 15 is 0 Å². The molecule has 0 saturated carbocycles. The van der Waals surface area contributed by atoms with Gasteiger partial charge in [0.1, 0.15) is 0 Å². The number of nitrogens with one attached hydrogen (secondary N) is 1. The molecule has 0 unspecified atom stereocenters. The summed E-state index contributed by atoms with van der Waals surface area (Å²) in [5.41, 5.74) is -0.0754. The molecule has 0 spiro atoms. The van der Waals surface area contributed by atoms with Gasteiger partial charge < -0.3 is 5.32 Å². The Morgan fingerprint density at radius 2 is 1.85 bits per heavy atom. The number of rotatable bonds is 8. The number of piperazine rings is 1. The highest BCUT2D eigenvalue weighted by molar-refractivity contribution is 7.89. The minimum Gasteiger partial charge on any atom is -0.317 e. The summed E-state index contributed by atoms with van der Waals surface area (Å²) in [5, 5.41) is 3.30. The first kappa shape index (κ1) is 17.9. The van der Waals surface area contributed by atoms with Crippen molar-refractivity contribution in [2.45, 2.75) is 45.6 Å². The van der Waals surface area contributed by atoms with Gasteiger partial charge in [-0.25, -0.2) is 8.42 Å². The number of sulfonamides is 1. The maximum absolute atomic E-state index is 12.4. The van der Waals surface area contributed by atoms with Gasteiger partial charge in [0.15, 0.2) is 0 Å². The molecule has 0 atom stereocenters. The average Bonchev–Trinajstić information content (AvgIpc) is 2.36. The Labute approximate surface area is 124 Å². The van der Waals surface area contributed by atoms with Crippen molar-refractivity contribution in [1.29, 1.82) is 0 Å². The number of unbranched alkanes of at least 4 members (excludes halogenated alkanes) is 1. The molecule has 5 nitrogen and oxygen atoms in total. The molecule has 0 aromatic rings. The minimum atomic E-state index is -3.09. The molecule has 1 N–H and O–H groups in total. The summed E-state index contributed by atoms with van der Waals surface area (Å²) in [7, 11) is -1.03. The highest BCUT2D eigenvalue weighted by Gasteiger charge is 2.36. The largest absolute Gasteiger partial charge is 0.317 e. The first-order valence-corrected chi connectivity index (χ1v) is 9.30. The number of hydrogen-bond donors (Lipinski definition) is 1. The van der Waals surface area contributed by atoms with E-state index in [1.165, 1.54) is 0 Å². The summed E-state index contributed by atoms with van der Waals surface area (Å²) in [6.07, 6.45) is 2.79. The second-order valence-electron chi connectivity index (χ2n) is 6.34. The standard InChI is InChI=1S/C14H31N3O2S/c1-5-8-15-9-6-7-12-20(18,19)17-11-10-16(4)14(2,3)13-17/h15H,5-13H2,1-4H3. The molecule has 1 heterocycles. The summed E-state index contributed by atoms with van der Waals surface area (Å²) in [6, 6.07) is 0. The van der Waals surface area contributed by atoms with Crippen LogP contribution in [0.5, 0.6) is 0 Å². The summed E-state index contributed by atoms with van der Waals surface area (Å²) < 4.78 is 26.4. The van der Waals surface area contributed by atoms with E-state index in [4.69, 9.17) is 0 Å². The van der Waals surface area contributed by atoms with Crippen molar-refractivity contribution in [3.05, 3.63) is 0 Å². The molecule has 0 bridgehead atoms. The van der Waals surface area contributed by atoms with Gasteiger partial charge in [0.25, 0.3) is 0 Å². The SMILES string of the molecule is CCCNCCCCS(=O)(=O)N1CCN(C)C(C)(C)C1. The maximum Gasteiger partial charge on any atom is 0.214 e. The second kappa shape index (κ2) is 7.73. The number of likely N-dealkylation sites (N-methyl/N-ethyl adjacent to an activating group) is 1. The molecule has 1 aliphatic rings. The lowest BCUT2D eigenvalue weighted by Crippen LogP contribution is -2.59. The molecule has 120 valence electrons. The third-order valence-electron chi connectivity index (χ3n) is 4.11. The fourth-order valence-corrected chi connectivity index (χ4v) is 4.10. The molecule has 20 heavy (non-hydrogen) atoms. The molecular formula is C14H31N3O2S. The van der Waals surface area contributed by atoms with Crippen molar-refractivity contribution in [2.75, 3.05) is 45.5 Å². The molecule has 6 heteroatoms. The van der Waals surface area contributed by atoms with E-state index in [1.54, 1.807) is 4.31 Å². The van der Waals surface area contributed by atoms with Gasteiger partial charge >= 0.3 is 0 Å². The molecule has 1 aliphatic heterocycles. The van der Waals surface area contributed by atoms with Gasteiger partial charge in [-0.15, -0.1) is 0 Å². The molecule has 0 radical (unpaired) electrons. The van der Waals surface area contributed by atoms with Crippen LogP contribution in [0.25, 0.3) is 0 Å². The van der Waals surface area contributed by atoms with Crippen LogP contribution in [-0.4, -0.2) is 68.7 Å². The van der Waals surface area contributed by atoms with Crippen LogP contribution < -0.4 is 5.32 Å². The Balaban J connectivity index is 2.37. The summed E-state index contributed by atoms with van der Waals surface area (Å²) >= 11 is 0. The van der Waals surface area contributed by atoms with Crippen LogP contribution in [0.4, 0.5) is 0 Å². The first-order chi connectivity index (χ1) is 9.29. The van der Waals surface area contributed by atoms with E-state index in [9.17, 15) is 8.42 Å². The molecule has 0 amide bonds. The molecule has 0 aliphatic carbocycles. The summed E-state index contributed by atoms with van der Waals surface area (Å²) in [5.74, 6) is 0.278. The Kier molecular flexibility index (Phi) is 6.91. The van der Waals surface area contributed by atoms with E-state index in [1.807, 2.05) is 0 Å². The van der Waals surface area contributed by atoms with Crippen molar-refractivity contribution >= 4 is 10.0 Å². The van der Waals surface area contributed by atoms with E-state index in [0.717, 1.165) is 38.9 Å². The summed E-state index contributed by atoms with van der Waals surface area (Å²) in [4.78, 5) is 2.23. The zero-order valence-electron chi connectivity index (χ0n) is 13.5. The Hall–Kier alpha value is -0.170. The van der Waals surface area contributed by atoms with Crippen molar-refractivity contribution in [2.24, 2.45) is 0 Å². The predicted octanol–water partition coefficient (Wildman–Crippen LogP) is 1.12. The van der Waals surface area contributed by atoms with Crippen LogP contribution in [0.15, 0.2) is 0 Å². The molecule has 1 saturated heterocycles. The molecule has 0 aromatic carbocycles. The maximum atomic E-state index is 12.4. The summed E-state index contributed by atoms with van der Waals surface area (Å²) in [6.45, 7) is 10.3. The zero-order chi connectivity index (χ0) is 15.2. The van der Waals surface area contributed by atoms with Crippen molar-refractivity contribution < 1.29 is 8.42 Å². The molecule has 1 rings (SSSR count). The normalized spacial score (nSPS) is 21.2. The topological polar surface area (TPSA) is 52.7 Å². The molecule has 1 fully saturated rings. The Morgan fingerprint density at radius 1 is 1.15 bits per heavy atom. The lowest BCUT2D eigenvalue weighted by molar-refractivity contribution is 0.0801. The van der Waals surface area contributed by atoms with Gasteiger partial charge in [-0.1, -0.05) is 6.92 Å². The van der Waals surface area contributed by atoms with Gasteiger partial charge in [0.2, 0.25) is 10.0 Å². The van der Waals surface area contributed by atoms with Crippen LogP contribution in [0, 0.1) is 0 Å². The first-order valence-electron chi connectivity index (χ1n) is 7.69. The number of hydrogen-bond acceptors (Lipinski definition) is 4. The Morgan fingerprint density at radius 3 is 2.45 bits per heavy atom. The quantitative estimate of drug-likeness (QED) is 0.683. The smallest absolute Gasteiger partial charge is 0.214 e. The third-order valence-corrected chi connectivity index (χ3v) is 6.01. The van der Waals surface area contributed by atoms with Gasteiger partial charge in [0.05, 0.1) is 5.75 Å². The van der Waals surface area contributed by atoms with Crippen molar-refractivity contribution in [1.82, 2.24) is 14.5 Å².